The van der Waals surface area contributed by atoms with Crippen molar-refractivity contribution in [3.8, 4) is 0 Å². The third kappa shape index (κ3) is 3.74. The highest BCUT2D eigenvalue weighted by molar-refractivity contribution is 5.81. The third-order valence-corrected chi connectivity index (χ3v) is 2.34. The summed E-state index contributed by atoms with van der Waals surface area (Å²) < 4.78 is 0. The number of hydrogen-bond donors (Lipinski definition) is 3. The second-order valence-corrected chi connectivity index (χ2v) is 3.53. The molecule has 1 rings (SSSR count). The Labute approximate surface area is 78.7 Å². The molecule has 0 radical (unpaired) electrons. The highest BCUT2D eigenvalue weighted by Gasteiger charge is 2.27. The van der Waals surface area contributed by atoms with Crippen molar-refractivity contribution >= 4 is 5.91 Å². The van der Waals surface area contributed by atoms with Gasteiger partial charge in [0, 0.05) is 6.54 Å². The van der Waals surface area contributed by atoms with Crippen LogP contribution in [0.15, 0.2) is 0 Å². The number of hydrogen-bond acceptors (Lipinski definition) is 3. The van der Waals surface area contributed by atoms with E-state index in [0.29, 0.717) is 6.54 Å². The second kappa shape index (κ2) is 5.19. The van der Waals surface area contributed by atoms with Gasteiger partial charge in [0.2, 0.25) is 5.91 Å². The van der Waals surface area contributed by atoms with Gasteiger partial charge in [-0.1, -0.05) is 12.8 Å². The number of nitrogens with one attached hydrogen (secondary N) is 2. The molecule has 0 aromatic carbocycles. The molecular weight excluding hydrogens is 168 g/mol. The van der Waals surface area contributed by atoms with Crippen LogP contribution in [-0.4, -0.2) is 37.3 Å². The van der Waals surface area contributed by atoms with E-state index in [2.05, 4.69) is 10.6 Å². The highest BCUT2D eigenvalue weighted by Crippen LogP contribution is 2.33. The van der Waals surface area contributed by atoms with Crippen LogP contribution in [0, 0.1) is 5.92 Å². The zero-order valence-corrected chi connectivity index (χ0v) is 8.05. The Morgan fingerprint density at radius 2 is 2.31 bits per heavy atom. The number of amides is 1. The predicted molar refractivity (Wildman–Crippen MR) is 50.3 cm³/mol. The van der Waals surface area contributed by atoms with Crippen LogP contribution in [0.1, 0.15) is 19.3 Å². The lowest BCUT2D eigenvalue weighted by Crippen LogP contribution is -2.43. The molecule has 4 nitrogen and oxygen atoms in total. The van der Waals surface area contributed by atoms with Gasteiger partial charge in [-0.3, -0.25) is 4.79 Å². The van der Waals surface area contributed by atoms with E-state index in [1.54, 1.807) is 7.05 Å². The van der Waals surface area contributed by atoms with Crippen molar-refractivity contribution in [1.29, 1.82) is 0 Å². The van der Waals surface area contributed by atoms with Gasteiger partial charge in [0.15, 0.2) is 0 Å². The fourth-order valence-corrected chi connectivity index (χ4v) is 1.35. The van der Waals surface area contributed by atoms with Crippen molar-refractivity contribution in [2.24, 2.45) is 5.92 Å². The zero-order chi connectivity index (χ0) is 9.68. The minimum Gasteiger partial charge on any atom is -0.395 e. The molecule has 1 atom stereocenters. The molecule has 0 aliphatic heterocycles. The van der Waals surface area contributed by atoms with E-state index in [4.69, 9.17) is 5.11 Å². The van der Waals surface area contributed by atoms with Crippen molar-refractivity contribution < 1.29 is 9.90 Å². The standard InChI is InChI=1S/C9H18N2O2/c1-10-8(6-7-2-3-7)9(13)11-4-5-12/h7-8,10,12H,2-6H2,1H3,(H,11,13). The lowest BCUT2D eigenvalue weighted by Gasteiger charge is -2.14. The lowest BCUT2D eigenvalue weighted by atomic mass is 10.1. The summed E-state index contributed by atoms with van der Waals surface area (Å²) in [5.41, 5.74) is 0. The number of likely N-dealkylation sites (N-methyl/N-ethyl adjacent to an activating group) is 1. The molecule has 0 saturated heterocycles. The van der Waals surface area contributed by atoms with Crippen molar-refractivity contribution in [1.82, 2.24) is 10.6 Å². The average molecular weight is 186 g/mol. The second-order valence-electron chi connectivity index (χ2n) is 3.53. The van der Waals surface area contributed by atoms with Crippen LogP contribution in [0.2, 0.25) is 0 Å². The van der Waals surface area contributed by atoms with Crippen molar-refractivity contribution in [3.05, 3.63) is 0 Å². The Kier molecular flexibility index (Phi) is 4.18. The topological polar surface area (TPSA) is 61.4 Å². The van der Waals surface area contributed by atoms with Gasteiger partial charge in [0.05, 0.1) is 12.6 Å². The van der Waals surface area contributed by atoms with E-state index in [-0.39, 0.29) is 18.6 Å². The van der Waals surface area contributed by atoms with E-state index >= 15 is 0 Å². The van der Waals surface area contributed by atoms with Crippen molar-refractivity contribution in [2.75, 3.05) is 20.2 Å². The molecule has 1 saturated carbocycles. The monoisotopic (exact) mass is 186 g/mol. The molecule has 76 valence electrons. The maximum absolute atomic E-state index is 11.4. The Bertz CT molecular complexity index is 169. The van der Waals surface area contributed by atoms with Gasteiger partial charge in [0.1, 0.15) is 0 Å². The number of aliphatic hydroxyl groups excluding tert-OH is 1. The number of rotatable bonds is 6. The molecule has 1 aliphatic carbocycles. The first-order chi connectivity index (χ1) is 6.27. The van der Waals surface area contributed by atoms with Crippen LogP contribution in [0.25, 0.3) is 0 Å². The van der Waals surface area contributed by atoms with Gasteiger partial charge in [-0.05, 0) is 19.4 Å². The molecule has 0 aromatic rings. The molecule has 1 fully saturated rings. The number of carbonyl (C=O) groups excluding carboxylic acids is 1. The van der Waals surface area contributed by atoms with Gasteiger partial charge in [-0.25, -0.2) is 0 Å². The van der Waals surface area contributed by atoms with E-state index in [0.717, 1.165) is 12.3 Å². The first-order valence-corrected chi connectivity index (χ1v) is 4.83. The smallest absolute Gasteiger partial charge is 0.237 e. The van der Waals surface area contributed by atoms with Crippen LogP contribution in [0.5, 0.6) is 0 Å². The summed E-state index contributed by atoms with van der Waals surface area (Å²) in [7, 11) is 1.80. The van der Waals surface area contributed by atoms with Gasteiger partial charge in [-0.2, -0.15) is 0 Å². The van der Waals surface area contributed by atoms with Crippen LogP contribution in [0.4, 0.5) is 0 Å². The van der Waals surface area contributed by atoms with Crippen LogP contribution in [-0.2, 0) is 4.79 Å². The summed E-state index contributed by atoms with van der Waals surface area (Å²) in [5, 5.41) is 14.2. The van der Waals surface area contributed by atoms with Gasteiger partial charge in [0.25, 0.3) is 0 Å². The maximum Gasteiger partial charge on any atom is 0.237 e. The van der Waals surface area contributed by atoms with E-state index in [9.17, 15) is 4.79 Å². The Morgan fingerprint density at radius 3 is 2.77 bits per heavy atom. The minimum absolute atomic E-state index is 0.00319. The number of carbonyl (C=O) groups is 1. The molecule has 0 spiro atoms. The van der Waals surface area contributed by atoms with Crippen molar-refractivity contribution in [2.45, 2.75) is 25.3 Å². The largest absolute Gasteiger partial charge is 0.395 e. The first-order valence-electron chi connectivity index (χ1n) is 4.83. The summed E-state index contributed by atoms with van der Waals surface area (Å²) in [6.45, 7) is 0.354. The molecule has 1 unspecified atom stereocenters. The molecule has 13 heavy (non-hydrogen) atoms. The molecule has 4 heteroatoms. The Hall–Kier alpha value is -0.610. The molecule has 0 heterocycles. The summed E-state index contributed by atoms with van der Waals surface area (Å²) in [6.07, 6.45) is 3.44. The normalized spacial score (nSPS) is 18.3. The molecule has 0 aromatic heterocycles. The molecular formula is C9H18N2O2. The van der Waals surface area contributed by atoms with E-state index in [1.165, 1.54) is 12.8 Å². The fraction of sp³-hybridized carbons (Fsp3) is 0.889. The van der Waals surface area contributed by atoms with E-state index in [1.807, 2.05) is 0 Å². The predicted octanol–water partition coefficient (Wildman–Crippen LogP) is -0.517. The van der Waals surface area contributed by atoms with Gasteiger partial charge >= 0.3 is 0 Å². The highest BCUT2D eigenvalue weighted by atomic mass is 16.3. The van der Waals surface area contributed by atoms with E-state index < -0.39 is 0 Å². The molecule has 0 bridgehead atoms. The van der Waals surface area contributed by atoms with Gasteiger partial charge < -0.3 is 15.7 Å². The third-order valence-electron chi connectivity index (χ3n) is 2.34. The quantitative estimate of drug-likeness (QED) is 0.523. The Balaban J connectivity index is 2.21. The van der Waals surface area contributed by atoms with Crippen LogP contribution >= 0.6 is 0 Å². The summed E-state index contributed by atoms with van der Waals surface area (Å²) in [6, 6.07) is -0.0842. The lowest BCUT2D eigenvalue weighted by molar-refractivity contribution is -0.123. The Morgan fingerprint density at radius 1 is 1.62 bits per heavy atom. The minimum atomic E-state index is -0.0842. The zero-order valence-electron chi connectivity index (χ0n) is 8.05. The van der Waals surface area contributed by atoms with Crippen LogP contribution in [0.3, 0.4) is 0 Å². The average Bonchev–Trinajstić information content (AvgIpc) is 2.93. The van der Waals surface area contributed by atoms with Crippen molar-refractivity contribution in [3.63, 3.8) is 0 Å². The number of aliphatic hydroxyl groups is 1. The molecule has 1 amide bonds. The first kappa shape index (κ1) is 10.5. The van der Waals surface area contributed by atoms with Crippen LogP contribution < -0.4 is 10.6 Å². The SMILES string of the molecule is CNC(CC1CC1)C(=O)NCCO. The summed E-state index contributed by atoms with van der Waals surface area (Å²) >= 11 is 0. The van der Waals surface area contributed by atoms with Gasteiger partial charge in [-0.15, -0.1) is 0 Å². The maximum atomic E-state index is 11.4. The summed E-state index contributed by atoms with van der Waals surface area (Å²) in [4.78, 5) is 11.4. The molecule has 3 N–H and O–H groups in total. The summed E-state index contributed by atoms with van der Waals surface area (Å²) in [5.74, 6) is 0.737. The molecule has 1 aliphatic rings. The fourth-order valence-electron chi connectivity index (χ4n) is 1.35.